The van der Waals surface area contributed by atoms with E-state index in [-0.39, 0.29) is 23.3 Å². The maximum Gasteiger partial charge on any atom is 0.219 e. The van der Waals surface area contributed by atoms with Gasteiger partial charge in [-0.15, -0.1) is 11.6 Å². The molecule has 8 heteroatoms. The summed E-state index contributed by atoms with van der Waals surface area (Å²) in [5.74, 6) is 2.05. The monoisotopic (exact) mass is 597 g/mol. The minimum Gasteiger partial charge on any atom is -0.491 e. The van der Waals surface area contributed by atoms with E-state index in [1.165, 1.54) is 11.1 Å². The van der Waals surface area contributed by atoms with Crippen LogP contribution in [0.15, 0.2) is 58.8 Å². The van der Waals surface area contributed by atoms with E-state index in [0.717, 1.165) is 68.6 Å². The van der Waals surface area contributed by atoms with Gasteiger partial charge in [-0.3, -0.25) is 4.79 Å². The second-order valence-electron chi connectivity index (χ2n) is 12.2. The van der Waals surface area contributed by atoms with Gasteiger partial charge in [0.05, 0.1) is 23.8 Å². The predicted molar refractivity (Wildman–Crippen MR) is 171 cm³/mol. The predicted octanol–water partition coefficient (Wildman–Crippen LogP) is 7.46. The Labute approximate surface area is 256 Å². The molecule has 1 heterocycles. The molecule has 0 N–H and O–H groups in total. The molecule has 1 aromatic rings. The van der Waals surface area contributed by atoms with Gasteiger partial charge in [0.25, 0.3) is 0 Å². The zero-order valence-corrected chi connectivity index (χ0v) is 26.7. The lowest BCUT2D eigenvalue weighted by molar-refractivity contribution is -0.127. The van der Waals surface area contributed by atoms with Crippen molar-refractivity contribution in [3.63, 3.8) is 0 Å². The number of nitrogens with zero attached hydrogens (tertiary/aromatic N) is 3. The second kappa shape index (κ2) is 15.2. The highest BCUT2D eigenvalue weighted by Gasteiger charge is 2.39. The molecule has 1 aromatic carbocycles. The van der Waals surface area contributed by atoms with Gasteiger partial charge in [-0.25, -0.2) is 0 Å². The molecule has 0 bridgehead atoms. The minimum absolute atomic E-state index is 0.0382. The zero-order chi connectivity index (χ0) is 30.2. The molecule has 1 amide bonds. The first-order valence-corrected chi connectivity index (χ1v) is 16.0. The maximum absolute atomic E-state index is 11.5. The molecular weight excluding hydrogens is 550 g/mol. The summed E-state index contributed by atoms with van der Waals surface area (Å²) in [5.41, 5.74) is 4.76. The average molecular weight is 598 g/mol. The molecule has 4 rings (SSSR count). The average Bonchev–Trinajstić information content (AvgIpc) is 3.15. The van der Waals surface area contributed by atoms with E-state index in [1.54, 1.807) is 18.9 Å². The third kappa shape index (κ3) is 7.84. The van der Waals surface area contributed by atoms with Crippen molar-refractivity contribution in [1.82, 2.24) is 4.90 Å². The number of benzene rings is 1. The summed E-state index contributed by atoms with van der Waals surface area (Å²) in [5, 5.41) is 3.34. The third-order valence-electron chi connectivity index (χ3n) is 9.29. The summed E-state index contributed by atoms with van der Waals surface area (Å²) in [7, 11) is 3.62. The van der Waals surface area contributed by atoms with Crippen molar-refractivity contribution >= 4 is 23.2 Å². The Kier molecular flexibility index (Phi) is 11.7. The van der Waals surface area contributed by atoms with Gasteiger partial charge >= 0.3 is 0 Å². The van der Waals surface area contributed by atoms with Gasteiger partial charge in [0.2, 0.25) is 5.91 Å². The van der Waals surface area contributed by atoms with Crippen molar-refractivity contribution in [3.05, 3.63) is 64.1 Å². The van der Waals surface area contributed by atoms with Crippen molar-refractivity contribution in [2.24, 2.45) is 22.9 Å². The Hall–Kier alpha value is -2.64. The van der Waals surface area contributed by atoms with Crippen LogP contribution < -0.4 is 9.64 Å². The maximum atomic E-state index is 11.5. The van der Waals surface area contributed by atoms with Gasteiger partial charge in [0, 0.05) is 46.6 Å². The topological polar surface area (TPSA) is 71.4 Å². The molecule has 1 fully saturated rings. The van der Waals surface area contributed by atoms with Gasteiger partial charge in [-0.1, -0.05) is 54.5 Å². The molecule has 0 saturated heterocycles. The summed E-state index contributed by atoms with van der Waals surface area (Å²) in [6, 6.07) is 5.65. The van der Waals surface area contributed by atoms with Gasteiger partial charge in [-0.05, 0) is 74.1 Å². The van der Waals surface area contributed by atoms with Crippen molar-refractivity contribution in [1.29, 1.82) is 0 Å². The van der Waals surface area contributed by atoms with Crippen LogP contribution in [0.25, 0.3) is 0 Å². The quantitative estimate of drug-likeness (QED) is 0.134. The van der Waals surface area contributed by atoms with E-state index in [0.29, 0.717) is 25.0 Å². The largest absolute Gasteiger partial charge is 0.491 e. The molecular formula is C34H48ClN3O4. The number of nitroso groups, excluding NO2 is 1. The van der Waals surface area contributed by atoms with Crippen LogP contribution in [0.5, 0.6) is 5.75 Å². The number of alkyl halides is 1. The molecule has 2 aliphatic carbocycles. The SMILES string of the molecule is CCCC1=C(C2COc3ccc(C(C)N=O)cc3N(CC3CCC3C(/C=C/CCN(C)C(C)=O)OC)C2)C=CC(Cl)C1. The zero-order valence-electron chi connectivity index (χ0n) is 25.9. The van der Waals surface area contributed by atoms with Crippen LogP contribution in [0.3, 0.4) is 0 Å². The number of halogens is 1. The molecule has 7 nitrogen and oxygen atoms in total. The van der Waals surface area contributed by atoms with E-state index < -0.39 is 6.04 Å². The van der Waals surface area contributed by atoms with Crippen LogP contribution >= 0.6 is 11.6 Å². The molecule has 3 aliphatic rings. The van der Waals surface area contributed by atoms with Crippen LogP contribution in [0.4, 0.5) is 5.69 Å². The lowest BCUT2D eigenvalue weighted by Crippen LogP contribution is -2.44. The number of allylic oxidation sites excluding steroid dienone is 3. The summed E-state index contributed by atoms with van der Waals surface area (Å²) >= 11 is 6.54. The Morgan fingerprint density at radius 3 is 2.81 bits per heavy atom. The van der Waals surface area contributed by atoms with E-state index in [1.807, 2.05) is 26.1 Å². The summed E-state index contributed by atoms with van der Waals surface area (Å²) in [6.07, 6.45) is 14.8. The number of anilines is 1. The molecule has 230 valence electrons. The smallest absolute Gasteiger partial charge is 0.219 e. The lowest BCUT2D eigenvalue weighted by Gasteiger charge is -2.43. The van der Waals surface area contributed by atoms with Crippen molar-refractivity contribution in [2.45, 2.75) is 76.8 Å². The number of rotatable bonds is 13. The van der Waals surface area contributed by atoms with E-state index >= 15 is 0 Å². The molecule has 1 saturated carbocycles. The van der Waals surface area contributed by atoms with Crippen LogP contribution in [-0.2, 0) is 9.53 Å². The van der Waals surface area contributed by atoms with E-state index in [4.69, 9.17) is 21.1 Å². The second-order valence-corrected chi connectivity index (χ2v) is 12.7. The molecule has 42 heavy (non-hydrogen) atoms. The van der Waals surface area contributed by atoms with Crippen molar-refractivity contribution in [2.75, 3.05) is 45.3 Å². The first kappa shape index (κ1) is 32.3. The number of carbonyl (C=O) groups excluding carboxylic acids is 1. The number of methoxy groups -OCH3 is 1. The fourth-order valence-corrected chi connectivity index (χ4v) is 6.76. The Morgan fingerprint density at radius 2 is 2.14 bits per heavy atom. The molecule has 0 aromatic heterocycles. The van der Waals surface area contributed by atoms with E-state index in [2.05, 4.69) is 47.4 Å². The standard InChI is InChI=1S/C34H48ClN3O4/c1-6-9-26-18-29(35)13-15-30(26)28-21-38(32-19-25(23(2)36-40)12-16-34(32)42-22-28)20-27-11-14-31(27)33(41-5)10-7-8-17-37(4)24(3)39/h7,10,12-13,15-16,19,23,27-29,31,33H,6,8-9,11,14,17-18,20-22H2,1-5H3/b10-7+. The number of fused-ring (bicyclic) bond motifs is 1. The molecule has 6 atom stereocenters. The number of hydrogen-bond acceptors (Lipinski definition) is 6. The summed E-state index contributed by atoms with van der Waals surface area (Å²) in [6.45, 7) is 8.69. The van der Waals surface area contributed by atoms with Crippen molar-refractivity contribution in [3.8, 4) is 5.75 Å². The Balaban J connectivity index is 1.57. The molecule has 1 aliphatic heterocycles. The summed E-state index contributed by atoms with van der Waals surface area (Å²) < 4.78 is 12.4. The van der Waals surface area contributed by atoms with Gasteiger partial charge in [-0.2, -0.15) is 4.91 Å². The highest BCUT2D eigenvalue weighted by Crippen LogP contribution is 2.43. The lowest BCUT2D eigenvalue weighted by atomic mass is 9.70. The van der Waals surface area contributed by atoms with Crippen LogP contribution in [0.2, 0.25) is 0 Å². The number of carbonyl (C=O) groups is 1. The number of ether oxygens (including phenoxy) is 2. The fourth-order valence-electron chi connectivity index (χ4n) is 6.50. The normalized spacial score (nSPS) is 25.3. The van der Waals surface area contributed by atoms with Crippen LogP contribution in [0, 0.1) is 22.7 Å². The van der Waals surface area contributed by atoms with Crippen LogP contribution in [0.1, 0.15) is 70.9 Å². The molecule has 0 radical (unpaired) electrons. The van der Waals surface area contributed by atoms with Gasteiger partial charge < -0.3 is 19.3 Å². The highest BCUT2D eigenvalue weighted by atomic mass is 35.5. The first-order chi connectivity index (χ1) is 20.2. The van der Waals surface area contributed by atoms with Gasteiger partial charge in [0.15, 0.2) is 0 Å². The third-order valence-corrected chi connectivity index (χ3v) is 9.59. The Bertz CT molecular complexity index is 1180. The highest BCUT2D eigenvalue weighted by molar-refractivity contribution is 6.22. The number of hydrogen-bond donors (Lipinski definition) is 0. The molecule has 6 unspecified atom stereocenters. The molecule has 0 spiro atoms. The van der Waals surface area contributed by atoms with Crippen LogP contribution in [-0.4, -0.2) is 62.7 Å². The van der Waals surface area contributed by atoms with Gasteiger partial charge in [0.1, 0.15) is 11.8 Å². The fraction of sp³-hybridized carbons (Fsp3) is 0.618. The number of amides is 1. The summed E-state index contributed by atoms with van der Waals surface area (Å²) in [4.78, 5) is 27.2. The Morgan fingerprint density at radius 1 is 1.33 bits per heavy atom. The first-order valence-electron chi connectivity index (χ1n) is 15.5. The van der Waals surface area contributed by atoms with Crippen molar-refractivity contribution < 1.29 is 14.3 Å². The minimum atomic E-state index is -0.418. The van der Waals surface area contributed by atoms with E-state index in [9.17, 15) is 9.70 Å².